The predicted molar refractivity (Wildman–Crippen MR) is 82.6 cm³/mol. The number of carbonyl (C=O) groups is 1. The molecule has 0 spiro atoms. The molecule has 0 amide bonds. The van der Waals surface area contributed by atoms with Gasteiger partial charge in [0.1, 0.15) is 5.60 Å². The Kier molecular flexibility index (Phi) is 4.03. The lowest BCUT2D eigenvalue weighted by molar-refractivity contribution is -0.0748. The van der Waals surface area contributed by atoms with Gasteiger partial charge in [0.15, 0.2) is 0 Å². The van der Waals surface area contributed by atoms with E-state index in [9.17, 15) is 4.79 Å². The standard InChI is InChI=1S/C18H24O2/c1-5-14-8-10-15(11-9-14)16(19)20-18(17(2,3)4)12-6-7-13-18/h5,8-11H,1,6-7,12-13H2,2-4H3. The Balaban J connectivity index is 2.18. The summed E-state index contributed by atoms with van der Waals surface area (Å²) in [6.07, 6.45) is 5.97. The van der Waals surface area contributed by atoms with E-state index in [1.165, 1.54) is 0 Å². The van der Waals surface area contributed by atoms with Crippen molar-refractivity contribution in [3.63, 3.8) is 0 Å². The fraction of sp³-hybridized carbons (Fsp3) is 0.500. The quantitative estimate of drug-likeness (QED) is 0.735. The van der Waals surface area contributed by atoms with Gasteiger partial charge >= 0.3 is 5.97 Å². The van der Waals surface area contributed by atoms with Crippen LogP contribution in [0.15, 0.2) is 30.8 Å². The average Bonchev–Trinajstić information content (AvgIpc) is 2.88. The van der Waals surface area contributed by atoms with Crippen LogP contribution in [0.2, 0.25) is 0 Å². The second-order valence-corrected chi connectivity index (χ2v) is 6.67. The smallest absolute Gasteiger partial charge is 0.338 e. The van der Waals surface area contributed by atoms with Crippen LogP contribution in [-0.4, -0.2) is 11.6 Å². The first-order chi connectivity index (χ1) is 9.38. The number of hydrogen-bond donors (Lipinski definition) is 0. The first-order valence-corrected chi connectivity index (χ1v) is 7.34. The van der Waals surface area contributed by atoms with Crippen LogP contribution >= 0.6 is 0 Å². The Hall–Kier alpha value is -1.57. The second kappa shape index (κ2) is 5.43. The minimum atomic E-state index is -0.318. The number of benzene rings is 1. The molecule has 1 aliphatic rings. The Morgan fingerprint density at radius 1 is 1.20 bits per heavy atom. The van der Waals surface area contributed by atoms with Gasteiger partial charge in [0.2, 0.25) is 0 Å². The lowest BCUT2D eigenvalue weighted by Gasteiger charge is -2.41. The van der Waals surface area contributed by atoms with E-state index in [2.05, 4.69) is 27.4 Å². The number of rotatable bonds is 3. The maximum Gasteiger partial charge on any atom is 0.338 e. The molecule has 1 aliphatic carbocycles. The lowest BCUT2D eigenvalue weighted by Crippen LogP contribution is -2.44. The van der Waals surface area contributed by atoms with Gasteiger partial charge in [-0.2, -0.15) is 0 Å². The van der Waals surface area contributed by atoms with E-state index < -0.39 is 0 Å². The summed E-state index contributed by atoms with van der Waals surface area (Å²) in [5.41, 5.74) is 1.28. The van der Waals surface area contributed by atoms with E-state index >= 15 is 0 Å². The van der Waals surface area contributed by atoms with E-state index in [1.807, 2.05) is 24.3 Å². The molecule has 1 aromatic rings. The van der Waals surface area contributed by atoms with Crippen LogP contribution < -0.4 is 0 Å². The van der Waals surface area contributed by atoms with Gasteiger partial charge < -0.3 is 4.74 Å². The molecule has 1 aromatic carbocycles. The summed E-state index contributed by atoms with van der Waals surface area (Å²) in [7, 11) is 0. The largest absolute Gasteiger partial charge is 0.455 e. The van der Waals surface area contributed by atoms with Crippen molar-refractivity contribution in [3.8, 4) is 0 Å². The van der Waals surface area contributed by atoms with Crippen LogP contribution in [0.1, 0.15) is 62.4 Å². The molecule has 0 saturated heterocycles. The second-order valence-electron chi connectivity index (χ2n) is 6.67. The van der Waals surface area contributed by atoms with Crippen LogP contribution in [-0.2, 0) is 4.74 Å². The number of esters is 1. The summed E-state index contributed by atoms with van der Waals surface area (Å²) in [5, 5.41) is 0. The first-order valence-electron chi connectivity index (χ1n) is 7.34. The molecule has 1 saturated carbocycles. The van der Waals surface area contributed by atoms with Gasteiger partial charge in [-0.25, -0.2) is 4.79 Å². The topological polar surface area (TPSA) is 26.3 Å². The van der Waals surface area contributed by atoms with E-state index in [-0.39, 0.29) is 17.0 Å². The minimum absolute atomic E-state index is 0.0276. The summed E-state index contributed by atoms with van der Waals surface area (Å²) < 4.78 is 5.96. The van der Waals surface area contributed by atoms with Crippen molar-refractivity contribution in [2.24, 2.45) is 5.41 Å². The molecule has 20 heavy (non-hydrogen) atoms. The zero-order chi connectivity index (χ0) is 14.8. The van der Waals surface area contributed by atoms with Crippen LogP contribution in [0.25, 0.3) is 6.08 Å². The van der Waals surface area contributed by atoms with E-state index in [0.29, 0.717) is 5.56 Å². The van der Waals surface area contributed by atoms with Crippen LogP contribution in [0.4, 0.5) is 0 Å². The molecule has 0 bridgehead atoms. The minimum Gasteiger partial charge on any atom is -0.455 e. The fourth-order valence-corrected chi connectivity index (χ4v) is 2.94. The Morgan fingerprint density at radius 3 is 2.20 bits per heavy atom. The highest BCUT2D eigenvalue weighted by Crippen LogP contribution is 2.46. The number of carbonyl (C=O) groups excluding carboxylic acids is 1. The van der Waals surface area contributed by atoms with Gasteiger partial charge in [-0.15, -0.1) is 0 Å². The molecule has 0 aliphatic heterocycles. The number of ether oxygens (including phenoxy) is 1. The molecule has 2 nitrogen and oxygen atoms in total. The van der Waals surface area contributed by atoms with Gasteiger partial charge in [-0.05, 0) is 43.4 Å². The molecule has 1 fully saturated rings. The third kappa shape index (κ3) is 2.79. The number of hydrogen-bond acceptors (Lipinski definition) is 2. The van der Waals surface area contributed by atoms with Gasteiger partial charge in [-0.3, -0.25) is 0 Å². The highest BCUT2D eigenvalue weighted by Gasteiger charge is 2.47. The molecular weight excluding hydrogens is 248 g/mol. The van der Waals surface area contributed by atoms with E-state index in [1.54, 1.807) is 6.08 Å². The SMILES string of the molecule is C=Cc1ccc(C(=O)OC2(C(C)(C)C)CCCC2)cc1. The van der Waals surface area contributed by atoms with Gasteiger partial charge in [0.05, 0.1) is 5.56 Å². The molecule has 0 heterocycles. The predicted octanol–water partition coefficient (Wildman–Crippen LogP) is 4.85. The van der Waals surface area contributed by atoms with Crippen LogP contribution in [0, 0.1) is 5.41 Å². The summed E-state index contributed by atoms with van der Waals surface area (Å²) >= 11 is 0. The first kappa shape index (κ1) is 14.8. The molecule has 0 aromatic heterocycles. The van der Waals surface area contributed by atoms with Crippen molar-refractivity contribution in [2.45, 2.75) is 52.1 Å². The third-order valence-electron chi connectivity index (χ3n) is 4.45. The highest BCUT2D eigenvalue weighted by atomic mass is 16.6. The van der Waals surface area contributed by atoms with Crippen LogP contribution in [0.3, 0.4) is 0 Å². The summed E-state index contributed by atoms with van der Waals surface area (Å²) in [5.74, 6) is -0.211. The zero-order valence-electron chi connectivity index (χ0n) is 12.7. The Bertz CT molecular complexity index is 485. The van der Waals surface area contributed by atoms with Crippen molar-refractivity contribution >= 4 is 12.0 Å². The molecule has 0 unspecified atom stereocenters. The monoisotopic (exact) mass is 272 g/mol. The Labute approximate surface area is 121 Å². The molecule has 108 valence electrons. The third-order valence-corrected chi connectivity index (χ3v) is 4.45. The van der Waals surface area contributed by atoms with Crippen molar-refractivity contribution < 1.29 is 9.53 Å². The maximum absolute atomic E-state index is 12.4. The van der Waals surface area contributed by atoms with E-state index in [4.69, 9.17) is 4.74 Å². The van der Waals surface area contributed by atoms with E-state index in [0.717, 1.165) is 31.2 Å². The van der Waals surface area contributed by atoms with Crippen molar-refractivity contribution in [3.05, 3.63) is 42.0 Å². The average molecular weight is 272 g/mol. The van der Waals surface area contributed by atoms with Crippen molar-refractivity contribution in [2.75, 3.05) is 0 Å². The van der Waals surface area contributed by atoms with Crippen molar-refractivity contribution in [1.82, 2.24) is 0 Å². The molecule has 0 radical (unpaired) electrons. The molecule has 0 N–H and O–H groups in total. The molecule has 0 atom stereocenters. The summed E-state index contributed by atoms with van der Waals surface area (Å²) in [6, 6.07) is 7.40. The Morgan fingerprint density at radius 2 is 1.75 bits per heavy atom. The zero-order valence-corrected chi connectivity index (χ0v) is 12.7. The maximum atomic E-state index is 12.4. The highest BCUT2D eigenvalue weighted by molar-refractivity contribution is 5.90. The summed E-state index contributed by atoms with van der Waals surface area (Å²) in [6.45, 7) is 10.2. The van der Waals surface area contributed by atoms with Crippen molar-refractivity contribution in [1.29, 1.82) is 0 Å². The molecule has 2 rings (SSSR count). The molecule has 2 heteroatoms. The summed E-state index contributed by atoms with van der Waals surface area (Å²) in [4.78, 5) is 12.4. The van der Waals surface area contributed by atoms with Gasteiger partial charge in [0, 0.05) is 5.41 Å². The lowest BCUT2D eigenvalue weighted by atomic mass is 9.75. The van der Waals surface area contributed by atoms with Crippen LogP contribution in [0.5, 0.6) is 0 Å². The van der Waals surface area contributed by atoms with Gasteiger partial charge in [-0.1, -0.05) is 45.6 Å². The van der Waals surface area contributed by atoms with Gasteiger partial charge in [0.25, 0.3) is 0 Å². The fourth-order valence-electron chi connectivity index (χ4n) is 2.94. The molecular formula is C18H24O2. The normalized spacial score (nSPS) is 17.8.